The van der Waals surface area contributed by atoms with E-state index < -0.39 is 0 Å². The molecule has 1 fully saturated rings. The SMILES string of the molecule is CC(C)(C)C(=O)CC[C@]1(C)CCCC1=O. The minimum Gasteiger partial charge on any atom is -0.299 e. The third-order valence-corrected chi connectivity index (χ3v) is 3.55. The fraction of sp³-hybridized carbons (Fsp3) is 0.846. The van der Waals surface area contributed by atoms with Crippen molar-refractivity contribution >= 4 is 11.6 Å². The molecule has 2 heteroatoms. The van der Waals surface area contributed by atoms with Crippen LogP contribution in [0.1, 0.15) is 59.8 Å². The zero-order chi connectivity index (χ0) is 11.7. The molecule has 0 saturated heterocycles. The van der Waals surface area contributed by atoms with Gasteiger partial charge in [0, 0.05) is 23.7 Å². The van der Waals surface area contributed by atoms with Crippen LogP contribution in [0.3, 0.4) is 0 Å². The second-order valence-electron chi connectivity index (χ2n) is 6.01. The average molecular weight is 210 g/mol. The van der Waals surface area contributed by atoms with E-state index in [2.05, 4.69) is 0 Å². The molecule has 0 spiro atoms. The maximum atomic E-state index is 11.8. The van der Waals surface area contributed by atoms with Crippen LogP contribution in [0.15, 0.2) is 0 Å². The molecule has 0 aromatic carbocycles. The normalized spacial score (nSPS) is 27.1. The zero-order valence-electron chi connectivity index (χ0n) is 10.4. The van der Waals surface area contributed by atoms with Gasteiger partial charge in [0.25, 0.3) is 0 Å². The summed E-state index contributed by atoms with van der Waals surface area (Å²) < 4.78 is 0. The highest BCUT2D eigenvalue weighted by Crippen LogP contribution is 2.39. The van der Waals surface area contributed by atoms with Gasteiger partial charge in [-0.1, -0.05) is 27.7 Å². The Morgan fingerprint density at radius 2 is 2.00 bits per heavy atom. The first-order valence-electron chi connectivity index (χ1n) is 5.82. The topological polar surface area (TPSA) is 34.1 Å². The Bertz CT molecular complexity index is 273. The van der Waals surface area contributed by atoms with Crippen molar-refractivity contribution in [1.29, 1.82) is 0 Å². The summed E-state index contributed by atoms with van der Waals surface area (Å²) in [5, 5.41) is 0. The number of hydrogen-bond acceptors (Lipinski definition) is 2. The predicted octanol–water partition coefficient (Wildman–Crippen LogP) is 3.14. The van der Waals surface area contributed by atoms with E-state index in [4.69, 9.17) is 0 Å². The van der Waals surface area contributed by atoms with Gasteiger partial charge in [-0.05, 0) is 19.3 Å². The van der Waals surface area contributed by atoms with Crippen LogP contribution in [-0.2, 0) is 9.59 Å². The molecule has 1 aliphatic carbocycles. The highest BCUT2D eigenvalue weighted by molar-refractivity contribution is 5.88. The van der Waals surface area contributed by atoms with Crippen molar-refractivity contribution in [2.45, 2.75) is 59.8 Å². The van der Waals surface area contributed by atoms with Crippen LogP contribution in [-0.4, -0.2) is 11.6 Å². The summed E-state index contributed by atoms with van der Waals surface area (Å²) in [7, 11) is 0. The molecule has 0 unspecified atom stereocenters. The third kappa shape index (κ3) is 2.90. The van der Waals surface area contributed by atoms with Crippen LogP contribution < -0.4 is 0 Å². The first kappa shape index (κ1) is 12.4. The summed E-state index contributed by atoms with van der Waals surface area (Å²) in [6.07, 6.45) is 3.95. The zero-order valence-corrected chi connectivity index (χ0v) is 10.4. The summed E-state index contributed by atoms with van der Waals surface area (Å²) in [5.74, 6) is 0.618. The molecule has 86 valence electrons. The van der Waals surface area contributed by atoms with Crippen LogP contribution >= 0.6 is 0 Å². The van der Waals surface area contributed by atoms with Crippen LogP contribution in [0, 0.1) is 10.8 Å². The van der Waals surface area contributed by atoms with Crippen LogP contribution in [0.25, 0.3) is 0 Å². The Hall–Kier alpha value is -0.660. The lowest BCUT2D eigenvalue weighted by atomic mass is 9.79. The first-order valence-corrected chi connectivity index (χ1v) is 5.82. The molecule has 15 heavy (non-hydrogen) atoms. The van der Waals surface area contributed by atoms with E-state index in [0.29, 0.717) is 18.6 Å². The second kappa shape index (κ2) is 4.07. The van der Waals surface area contributed by atoms with Gasteiger partial charge in [0.2, 0.25) is 0 Å². The summed E-state index contributed by atoms with van der Waals surface area (Å²) in [5.41, 5.74) is -0.473. The van der Waals surface area contributed by atoms with Crippen molar-refractivity contribution < 1.29 is 9.59 Å². The third-order valence-electron chi connectivity index (χ3n) is 3.55. The molecule has 1 saturated carbocycles. The molecule has 0 N–H and O–H groups in total. The monoisotopic (exact) mass is 210 g/mol. The van der Waals surface area contributed by atoms with Crippen molar-refractivity contribution in [1.82, 2.24) is 0 Å². The van der Waals surface area contributed by atoms with Gasteiger partial charge in [-0.3, -0.25) is 9.59 Å². The lowest BCUT2D eigenvalue weighted by molar-refractivity contribution is -0.128. The Kier molecular flexibility index (Phi) is 3.37. The standard InChI is InChI=1S/C13H22O2/c1-12(2,3)10(14)7-9-13(4)8-5-6-11(13)15/h5-9H2,1-4H3/t13-/m0/s1. The molecule has 0 amide bonds. The lowest BCUT2D eigenvalue weighted by Crippen LogP contribution is -2.26. The fourth-order valence-corrected chi connectivity index (χ4v) is 2.11. The van der Waals surface area contributed by atoms with Crippen LogP contribution in [0.2, 0.25) is 0 Å². The van der Waals surface area contributed by atoms with Gasteiger partial charge in [-0.25, -0.2) is 0 Å². The van der Waals surface area contributed by atoms with E-state index in [0.717, 1.165) is 19.3 Å². The maximum absolute atomic E-state index is 11.8. The molecule has 1 aliphatic rings. The van der Waals surface area contributed by atoms with Crippen LogP contribution in [0.4, 0.5) is 0 Å². The van der Waals surface area contributed by atoms with Gasteiger partial charge < -0.3 is 0 Å². The number of carbonyl (C=O) groups excluding carboxylic acids is 2. The Morgan fingerprint density at radius 1 is 1.40 bits per heavy atom. The quantitative estimate of drug-likeness (QED) is 0.717. The molecule has 0 aromatic heterocycles. The number of ketones is 2. The largest absolute Gasteiger partial charge is 0.299 e. The van der Waals surface area contributed by atoms with Gasteiger partial charge >= 0.3 is 0 Å². The molecule has 0 bridgehead atoms. The number of rotatable bonds is 3. The minimum atomic E-state index is -0.266. The summed E-state index contributed by atoms with van der Waals surface area (Å²) >= 11 is 0. The highest BCUT2D eigenvalue weighted by Gasteiger charge is 2.37. The van der Waals surface area contributed by atoms with Crippen molar-refractivity contribution in [2.75, 3.05) is 0 Å². The van der Waals surface area contributed by atoms with Crippen molar-refractivity contribution in [2.24, 2.45) is 10.8 Å². The molecule has 0 heterocycles. The molecule has 1 atom stereocenters. The summed E-state index contributed by atoms with van der Waals surface area (Å²) in [4.78, 5) is 23.4. The van der Waals surface area contributed by atoms with E-state index in [9.17, 15) is 9.59 Å². The van der Waals surface area contributed by atoms with Crippen molar-refractivity contribution in [3.05, 3.63) is 0 Å². The first-order chi connectivity index (χ1) is 6.76. The molecular formula is C13H22O2. The van der Waals surface area contributed by atoms with E-state index in [-0.39, 0.29) is 16.6 Å². The number of hydrogen-bond donors (Lipinski definition) is 0. The minimum absolute atomic E-state index is 0.207. The van der Waals surface area contributed by atoms with Crippen molar-refractivity contribution in [3.8, 4) is 0 Å². The van der Waals surface area contributed by atoms with Gasteiger partial charge in [-0.2, -0.15) is 0 Å². The van der Waals surface area contributed by atoms with E-state index in [1.165, 1.54) is 0 Å². The summed E-state index contributed by atoms with van der Waals surface area (Å²) in [6.45, 7) is 7.83. The second-order valence-corrected chi connectivity index (χ2v) is 6.01. The van der Waals surface area contributed by atoms with Crippen LogP contribution in [0.5, 0.6) is 0 Å². The number of Topliss-reactive ketones (excluding diaryl/α,β-unsaturated/α-hetero) is 2. The molecule has 1 rings (SSSR count). The molecular weight excluding hydrogens is 188 g/mol. The number of carbonyl (C=O) groups is 2. The van der Waals surface area contributed by atoms with Crippen molar-refractivity contribution in [3.63, 3.8) is 0 Å². The van der Waals surface area contributed by atoms with Gasteiger partial charge in [-0.15, -0.1) is 0 Å². The predicted molar refractivity (Wildman–Crippen MR) is 60.7 cm³/mol. The molecule has 2 nitrogen and oxygen atoms in total. The summed E-state index contributed by atoms with van der Waals surface area (Å²) in [6, 6.07) is 0. The Morgan fingerprint density at radius 3 is 2.40 bits per heavy atom. The van der Waals surface area contributed by atoms with E-state index >= 15 is 0 Å². The van der Waals surface area contributed by atoms with Gasteiger partial charge in [0.05, 0.1) is 0 Å². The smallest absolute Gasteiger partial charge is 0.138 e. The molecule has 0 radical (unpaired) electrons. The lowest BCUT2D eigenvalue weighted by Gasteiger charge is -2.23. The van der Waals surface area contributed by atoms with Gasteiger partial charge in [0.1, 0.15) is 11.6 Å². The maximum Gasteiger partial charge on any atom is 0.138 e. The molecule has 0 aromatic rings. The van der Waals surface area contributed by atoms with Gasteiger partial charge in [0.15, 0.2) is 0 Å². The Balaban J connectivity index is 2.50. The highest BCUT2D eigenvalue weighted by atomic mass is 16.1. The Labute approximate surface area is 92.4 Å². The van der Waals surface area contributed by atoms with E-state index in [1.807, 2.05) is 27.7 Å². The fourth-order valence-electron chi connectivity index (χ4n) is 2.11. The van der Waals surface area contributed by atoms with E-state index in [1.54, 1.807) is 0 Å². The molecule has 0 aliphatic heterocycles. The average Bonchev–Trinajstić information content (AvgIpc) is 2.42.